The summed E-state index contributed by atoms with van der Waals surface area (Å²) in [5.41, 5.74) is 14.5. The molecule has 1 atom stereocenters. The van der Waals surface area contributed by atoms with Crippen LogP contribution < -0.4 is 10.2 Å². The molecule has 1 N–H and O–H groups in total. The average Bonchev–Trinajstić information content (AvgIpc) is 3.77. The molecule has 10 aromatic carbocycles. The van der Waals surface area contributed by atoms with E-state index in [1.165, 1.54) is 49.2 Å². The maximum absolute atomic E-state index is 5.58. The lowest BCUT2D eigenvalue weighted by atomic mass is 9.90. The van der Waals surface area contributed by atoms with Crippen molar-refractivity contribution in [3.05, 3.63) is 253 Å². The number of benzene rings is 10. The van der Waals surface area contributed by atoms with E-state index in [4.69, 9.17) is 4.98 Å². The molecular weight excluding hydrogens is 763 g/mol. The summed E-state index contributed by atoms with van der Waals surface area (Å²) in [6, 6.07) is 85.4. The van der Waals surface area contributed by atoms with Crippen LogP contribution in [0.4, 0.5) is 5.69 Å². The van der Waals surface area contributed by atoms with Gasteiger partial charge in [-0.25, -0.2) is 4.98 Å². The van der Waals surface area contributed by atoms with E-state index in [-0.39, 0.29) is 6.17 Å². The fourth-order valence-electron chi connectivity index (χ4n) is 9.55. The zero-order valence-electron chi connectivity index (χ0n) is 34.5. The normalized spacial score (nSPS) is 13.9. The van der Waals surface area contributed by atoms with E-state index in [9.17, 15) is 0 Å². The molecule has 1 aromatic heterocycles. The van der Waals surface area contributed by atoms with Gasteiger partial charge in [0.25, 0.3) is 0 Å². The van der Waals surface area contributed by atoms with E-state index in [1.54, 1.807) is 0 Å². The SMILES string of the molecule is c1ccc(C2=C(c3ccccc3)N(c3ccc(-c4cc(-c5ccc6ccccc6c5)c5cc(-c6ccc7ccccc7c6)c6ccccc6c5n4)cc3)C(c3ccccc3)N2)cc1. The van der Waals surface area contributed by atoms with Crippen LogP contribution in [0.1, 0.15) is 22.9 Å². The smallest absolute Gasteiger partial charge is 0.130 e. The Labute approximate surface area is 366 Å². The van der Waals surface area contributed by atoms with Crippen molar-refractivity contribution in [3.8, 4) is 33.5 Å². The summed E-state index contributed by atoms with van der Waals surface area (Å²) >= 11 is 0. The van der Waals surface area contributed by atoms with Gasteiger partial charge in [0.1, 0.15) is 6.17 Å². The van der Waals surface area contributed by atoms with Crippen LogP contribution in [0.25, 0.3) is 88.1 Å². The fourth-order valence-corrected chi connectivity index (χ4v) is 9.55. The van der Waals surface area contributed by atoms with Crippen LogP contribution in [-0.4, -0.2) is 4.98 Å². The maximum atomic E-state index is 5.58. The van der Waals surface area contributed by atoms with Crippen molar-refractivity contribution in [2.24, 2.45) is 0 Å². The number of nitrogens with one attached hydrogen (secondary N) is 1. The van der Waals surface area contributed by atoms with Gasteiger partial charge in [-0.3, -0.25) is 0 Å². The van der Waals surface area contributed by atoms with Gasteiger partial charge in [0.15, 0.2) is 0 Å². The highest BCUT2D eigenvalue weighted by Gasteiger charge is 2.35. The summed E-state index contributed by atoms with van der Waals surface area (Å²) < 4.78 is 0. The topological polar surface area (TPSA) is 28.2 Å². The predicted molar refractivity (Wildman–Crippen MR) is 265 cm³/mol. The van der Waals surface area contributed by atoms with E-state index in [0.29, 0.717) is 0 Å². The molecule has 3 nitrogen and oxygen atoms in total. The Kier molecular flexibility index (Phi) is 8.90. The zero-order chi connectivity index (χ0) is 41.7. The summed E-state index contributed by atoms with van der Waals surface area (Å²) in [5.74, 6) is 0. The number of aromatic nitrogens is 1. The molecule has 63 heavy (non-hydrogen) atoms. The number of nitrogens with zero attached hydrogens (tertiary/aromatic N) is 2. The molecule has 0 aliphatic carbocycles. The second-order valence-corrected chi connectivity index (χ2v) is 16.4. The maximum Gasteiger partial charge on any atom is 0.130 e. The Balaban J connectivity index is 1.05. The van der Waals surface area contributed by atoms with Crippen LogP contribution in [0.3, 0.4) is 0 Å². The van der Waals surface area contributed by atoms with E-state index in [0.717, 1.165) is 61.3 Å². The third-order valence-corrected chi connectivity index (χ3v) is 12.6. The molecule has 3 heteroatoms. The third kappa shape index (κ3) is 6.50. The lowest BCUT2D eigenvalue weighted by Crippen LogP contribution is -2.28. The summed E-state index contributed by atoms with van der Waals surface area (Å²) in [6.07, 6.45) is -0.121. The van der Waals surface area contributed by atoms with E-state index in [1.807, 2.05) is 0 Å². The van der Waals surface area contributed by atoms with Gasteiger partial charge in [-0.2, -0.15) is 0 Å². The highest BCUT2D eigenvalue weighted by atomic mass is 15.3. The number of pyridine rings is 1. The molecule has 0 fully saturated rings. The van der Waals surface area contributed by atoms with Crippen molar-refractivity contribution >= 4 is 60.3 Å². The first kappa shape index (κ1) is 36.6. The molecule has 0 spiro atoms. The van der Waals surface area contributed by atoms with Gasteiger partial charge >= 0.3 is 0 Å². The summed E-state index contributed by atoms with van der Waals surface area (Å²) in [5, 5.41) is 12.3. The van der Waals surface area contributed by atoms with Gasteiger partial charge in [-0.1, -0.05) is 200 Å². The highest BCUT2D eigenvalue weighted by Crippen LogP contribution is 2.45. The molecule has 11 aromatic rings. The lowest BCUT2D eigenvalue weighted by molar-refractivity contribution is 0.679. The van der Waals surface area contributed by atoms with Gasteiger partial charge in [-0.05, 0) is 96.7 Å². The number of hydrogen-bond donors (Lipinski definition) is 1. The number of rotatable bonds is 7. The van der Waals surface area contributed by atoms with Crippen LogP contribution in [0.15, 0.2) is 237 Å². The standard InChI is InChI=1S/C60H41N3/c1-4-18-43(19-5-1)57-59(44-20-6-2-7-21-44)63(60(62-57)45-22-8-3-9-23-45)50-34-32-42(33-35-50)56-39-54(49-31-29-41-17-11-13-25-47(41)37-49)55-38-53(51-26-14-15-27-52(51)58(55)61-56)48-30-28-40-16-10-12-24-46(40)36-48/h1-39,60,62H. The van der Waals surface area contributed by atoms with E-state index < -0.39 is 0 Å². The quantitative estimate of drug-likeness (QED) is 0.163. The Bertz CT molecular complexity index is 3520. The first-order valence-corrected chi connectivity index (χ1v) is 21.6. The summed E-state index contributed by atoms with van der Waals surface area (Å²) in [7, 11) is 0. The predicted octanol–water partition coefficient (Wildman–Crippen LogP) is 15.3. The number of anilines is 1. The molecule has 2 heterocycles. The number of fused-ring (bicyclic) bond motifs is 5. The average molecular weight is 804 g/mol. The van der Waals surface area contributed by atoms with E-state index >= 15 is 0 Å². The van der Waals surface area contributed by atoms with Crippen molar-refractivity contribution < 1.29 is 0 Å². The van der Waals surface area contributed by atoms with Gasteiger partial charge in [0, 0.05) is 27.6 Å². The molecule has 1 aliphatic rings. The molecule has 0 saturated carbocycles. The monoisotopic (exact) mass is 803 g/mol. The van der Waals surface area contributed by atoms with Crippen molar-refractivity contribution in [3.63, 3.8) is 0 Å². The second kappa shape index (κ2) is 15.3. The van der Waals surface area contributed by atoms with E-state index in [2.05, 4.69) is 247 Å². The van der Waals surface area contributed by atoms with Crippen LogP contribution >= 0.6 is 0 Å². The lowest BCUT2D eigenvalue weighted by Gasteiger charge is -2.30. The van der Waals surface area contributed by atoms with Crippen LogP contribution in [0, 0.1) is 0 Å². The molecule has 12 rings (SSSR count). The second-order valence-electron chi connectivity index (χ2n) is 16.4. The van der Waals surface area contributed by atoms with Crippen molar-refractivity contribution in [1.82, 2.24) is 10.3 Å². The van der Waals surface area contributed by atoms with Crippen LogP contribution in [-0.2, 0) is 0 Å². The zero-order valence-corrected chi connectivity index (χ0v) is 34.5. The first-order valence-electron chi connectivity index (χ1n) is 21.6. The number of hydrogen-bond acceptors (Lipinski definition) is 3. The third-order valence-electron chi connectivity index (χ3n) is 12.6. The Morgan fingerprint density at radius 2 is 0.873 bits per heavy atom. The van der Waals surface area contributed by atoms with Gasteiger partial charge in [0.05, 0.1) is 22.6 Å². The minimum Gasteiger partial charge on any atom is -0.359 e. The Morgan fingerprint density at radius 1 is 0.365 bits per heavy atom. The van der Waals surface area contributed by atoms with Gasteiger partial charge in [-0.15, -0.1) is 0 Å². The largest absolute Gasteiger partial charge is 0.359 e. The Morgan fingerprint density at radius 3 is 1.51 bits per heavy atom. The minimum atomic E-state index is -0.121. The molecule has 1 aliphatic heterocycles. The minimum absolute atomic E-state index is 0.121. The van der Waals surface area contributed by atoms with Crippen molar-refractivity contribution in [2.75, 3.05) is 4.90 Å². The fraction of sp³-hybridized carbons (Fsp3) is 0.0167. The summed E-state index contributed by atoms with van der Waals surface area (Å²) in [4.78, 5) is 8.03. The first-order chi connectivity index (χ1) is 31.2. The Hall–Kier alpha value is -8.27. The molecule has 0 saturated heterocycles. The van der Waals surface area contributed by atoms with Crippen LogP contribution in [0.2, 0.25) is 0 Å². The molecule has 0 amide bonds. The molecule has 0 bridgehead atoms. The van der Waals surface area contributed by atoms with Gasteiger partial charge < -0.3 is 10.2 Å². The van der Waals surface area contributed by atoms with Crippen molar-refractivity contribution in [2.45, 2.75) is 6.17 Å². The summed E-state index contributed by atoms with van der Waals surface area (Å²) in [6.45, 7) is 0. The molecular formula is C60H41N3. The molecule has 1 unspecified atom stereocenters. The van der Waals surface area contributed by atoms with Crippen molar-refractivity contribution in [1.29, 1.82) is 0 Å². The highest BCUT2D eigenvalue weighted by molar-refractivity contribution is 6.17. The molecule has 296 valence electrons. The van der Waals surface area contributed by atoms with Crippen LogP contribution in [0.5, 0.6) is 0 Å². The van der Waals surface area contributed by atoms with Gasteiger partial charge in [0.2, 0.25) is 0 Å². The molecule has 0 radical (unpaired) electrons.